The quantitative estimate of drug-likeness (QED) is 0.721. The van der Waals surface area contributed by atoms with Crippen molar-refractivity contribution in [3.05, 3.63) is 29.8 Å². The molecule has 1 amide bonds. The van der Waals surface area contributed by atoms with Crippen LogP contribution >= 0.6 is 0 Å². The molecule has 1 aromatic rings. The van der Waals surface area contributed by atoms with Crippen LogP contribution in [0.25, 0.3) is 0 Å². The molecule has 2 heterocycles. The van der Waals surface area contributed by atoms with Crippen LogP contribution in [0, 0.1) is 0 Å². The lowest BCUT2D eigenvalue weighted by Gasteiger charge is -2.44. The summed E-state index contributed by atoms with van der Waals surface area (Å²) in [5, 5.41) is 6.17. The fourth-order valence-electron chi connectivity index (χ4n) is 2.95. The molecular weight excluding hydrogens is 216 g/mol. The van der Waals surface area contributed by atoms with Gasteiger partial charge in [0.1, 0.15) is 0 Å². The van der Waals surface area contributed by atoms with E-state index < -0.39 is 5.60 Å². The molecule has 4 nitrogen and oxygen atoms in total. The molecule has 2 aliphatic rings. The first-order valence-corrected chi connectivity index (χ1v) is 5.90. The maximum Gasteiger partial charge on any atom is 0.412 e. The van der Waals surface area contributed by atoms with Gasteiger partial charge < -0.3 is 10.1 Å². The van der Waals surface area contributed by atoms with Crippen molar-refractivity contribution in [1.29, 1.82) is 0 Å². The highest BCUT2D eigenvalue weighted by Gasteiger charge is 2.56. The molecule has 0 aromatic heterocycles. The molecule has 3 rings (SSSR count). The molecule has 90 valence electrons. The van der Waals surface area contributed by atoms with E-state index in [9.17, 15) is 4.79 Å². The van der Waals surface area contributed by atoms with Crippen molar-refractivity contribution < 1.29 is 9.53 Å². The monoisotopic (exact) mass is 232 g/mol. The van der Waals surface area contributed by atoms with Crippen molar-refractivity contribution >= 4 is 11.8 Å². The van der Waals surface area contributed by atoms with Gasteiger partial charge in [-0.05, 0) is 19.9 Å². The minimum atomic E-state index is -0.550. The van der Waals surface area contributed by atoms with Crippen LogP contribution in [0.15, 0.2) is 24.3 Å². The summed E-state index contributed by atoms with van der Waals surface area (Å²) in [6, 6.07) is 7.86. The molecule has 17 heavy (non-hydrogen) atoms. The van der Waals surface area contributed by atoms with Gasteiger partial charge in [0.05, 0.1) is 11.2 Å². The maximum atomic E-state index is 11.7. The Hall–Kier alpha value is -1.55. The van der Waals surface area contributed by atoms with E-state index in [0.717, 1.165) is 24.2 Å². The van der Waals surface area contributed by atoms with Crippen molar-refractivity contribution in [2.24, 2.45) is 0 Å². The van der Waals surface area contributed by atoms with Crippen molar-refractivity contribution in [3.8, 4) is 0 Å². The van der Waals surface area contributed by atoms with E-state index in [0.29, 0.717) is 0 Å². The molecule has 0 saturated carbocycles. The highest BCUT2D eigenvalue weighted by molar-refractivity contribution is 5.89. The third-order valence-corrected chi connectivity index (χ3v) is 3.92. The summed E-state index contributed by atoms with van der Waals surface area (Å²) < 4.78 is 5.66. The van der Waals surface area contributed by atoms with Gasteiger partial charge in [-0.2, -0.15) is 0 Å². The Morgan fingerprint density at radius 2 is 2.06 bits per heavy atom. The average molecular weight is 232 g/mol. The van der Waals surface area contributed by atoms with Gasteiger partial charge in [-0.15, -0.1) is 0 Å². The standard InChI is InChI=1S/C13H16N2O2/c1-12(2)13(7-8-14-12)9-5-3-4-6-10(9)15-11(16)17-13/h3-6,14H,7-8H2,1-2H3,(H,15,16). The summed E-state index contributed by atoms with van der Waals surface area (Å²) in [5.74, 6) is 0. The summed E-state index contributed by atoms with van der Waals surface area (Å²) in [7, 11) is 0. The molecule has 0 bridgehead atoms. The van der Waals surface area contributed by atoms with Crippen LogP contribution < -0.4 is 10.6 Å². The molecular formula is C13H16N2O2. The van der Waals surface area contributed by atoms with Gasteiger partial charge in [-0.25, -0.2) is 4.79 Å². The van der Waals surface area contributed by atoms with Crippen molar-refractivity contribution in [3.63, 3.8) is 0 Å². The molecule has 1 saturated heterocycles. The molecule has 1 aromatic carbocycles. The zero-order valence-corrected chi connectivity index (χ0v) is 10.0. The van der Waals surface area contributed by atoms with Crippen LogP contribution in [0.1, 0.15) is 25.8 Å². The van der Waals surface area contributed by atoms with Gasteiger partial charge in [0.2, 0.25) is 0 Å². The molecule has 2 N–H and O–H groups in total. The summed E-state index contributed by atoms with van der Waals surface area (Å²) in [6.07, 6.45) is 0.449. The summed E-state index contributed by atoms with van der Waals surface area (Å²) in [6.45, 7) is 5.01. The minimum Gasteiger partial charge on any atom is -0.436 e. The summed E-state index contributed by atoms with van der Waals surface area (Å²) >= 11 is 0. The van der Waals surface area contributed by atoms with Crippen LogP contribution in [-0.4, -0.2) is 18.2 Å². The van der Waals surface area contributed by atoms with Gasteiger partial charge in [-0.1, -0.05) is 18.2 Å². The number of ether oxygens (including phenoxy) is 1. The Bertz CT molecular complexity index is 484. The Kier molecular flexibility index (Phi) is 2.01. The number of carbonyl (C=O) groups is 1. The Balaban J connectivity index is 2.21. The number of rotatable bonds is 0. The Morgan fingerprint density at radius 1 is 1.29 bits per heavy atom. The molecule has 1 fully saturated rings. The van der Waals surface area contributed by atoms with Crippen molar-refractivity contribution in [2.75, 3.05) is 11.9 Å². The minimum absolute atomic E-state index is 0.249. The average Bonchev–Trinajstić information content (AvgIpc) is 2.55. The fourth-order valence-corrected chi connectivity index (χ4v) is 2.95. The molecule has 0 aliphatic carbocycles. The van der Waals surface area contributed by atoms with E-state index in [-0.39, 0.29) is 11.6 Å². The van der Waals surface area contributed by atoms with Crippen LogP contribution in [0.4, 0.5) is 10.5 Å². The van der Waals surface area contributed by atoms with Crippen LogP contribution in [-0.2, 0) is 10.3 Å². The summed E-state index contributed by atoms with van der Waals surface area (Å²) in [5.41, 5.74) is 1.13. The van der Waals surface area contributed by atoms with Gasteiger partial charge in [0.15, 0.2) is 5.60 Å². The van der Waals surface area contributed by atoms with Crippen LogP contribution in [0.2, 0.25) is 0 Å². The molecule has 1 atom stereocenters. The van der Waals surface area contributed by atoms with E-state index in [1.54, 1.807) is 0 Å². The number of hydrogen-bond acceptors (Lipinski definition) is 3. The Morgan fingerprint density at radius 3 is 2.76 bits per heavy atom. The number of carbonyl (C=O) groups excluding carboxylic acids is 1. The first kappa shape index (κ1) is 10.6. The molecule has 1 spiro atoms. The zero-order chi connectivity index (χ0) is 12.1. The van der Waals surface area contributed by atoms with Crippen molar-refractivity contribution in [2.45, 2.75) is 31.4 Å². The van der Waals surface area contributed by atoms with E-state index in [1.807, 2.05) is 24.3 Å². The molecule has 2 aliphatic heterocycles. The number of hydrogen-bond donors (Lipinski definition) is 2. The van der Waals surface area contributed by atoms with Gasteiger partial charge in [0.25, 0.3) is 0 Å². The van der Waals surface area contributed by atoms with Crippen LogP contribution in [0.5, 0.6) is 0 Å². The first-order valence-electron chi connectivity index (χ1n) is 5.90. The predicted octanol–water partition coefficient (Wildman–Crippen LogP) is 2.22. The lowest BCUT2D eigenvalue weighted by Crippen LogP contribution is -2.54. The number of anilines is 1. The van der Waals surface area contributed by atoms with E-state index in [4.69, 9.17) is 4.74 Å². The second-order valence-corrected chi connectivity index (χ2v) is 5.19. The topological polar surface area (TPSA) is 50.4 Å². The second kappa shape index (κ2) is 3.23. The largest absolute Gasteiger partial charge is 0.436 e. The predicted molar refractivity (Wildman–Crippen MR) is 64.9 cm³/mol. The normalized spacial score (nSPS) is 29.6. The highest BCUT2D eigenvalue weighted by atomic mass is 16.6. The fraction of sp³-hybridized carbons (Fsp3) is 0.462. The number of fused-ring (bicyclic) bond motifs is 2. The van der Waals surface area contributed by atoms with Gasteiger partial charge in [0, 0.05) is 18.5 Å². The number of nitrogens with one attached hydrogen (secondary N) is 2. The summed E-state index contributed by atoms with van der Waals surface area (Å²) in [4.78, 5) is 11.7. The SMILES string of the molecule is CC1(C)NCCC12OC(=O)Nc1ccccc12. The zero-order valence-electron chi connectivity index (χ0n) is 10.0. The van der Waals surface area contributed by atoms with Gasteiger partial charge >= 0.3 is 6.09 Å². The lowest BCUT2D eigenvalue weighted by molar-refractivity contribution is -0.0279. The van der Waals surface area contributed by atoms with Gasteiger partial charge in [-0.3, -0.25) is 5.32 Å². The molecule has 1 unspecified atom stereocenters. The highest BCUT2D eigenvalue weighted by Crippen LogP contribution is 2.48. The molecule has 4 heteroatoms. The number of benzene rings is 1. The maximum absolute atomic E-state index is 11.7. The second-order valence-electron chi connectivity index (χ2n) is 5.19. The van der Waals surface area contributed by atoms with E-state index in [1.165, 1.54) is 0 Å². The first-order chi connectivity index (χ1) is 8.05. The van der Waals surface area contributed by atoms with E-state index in [2.05, 4.69) is 24.5 Å². The van der Waals surface area contributed by atoms with Crippen molar-refractivity contribution in [1.82, 2.24) is 5.32 Å². The molecule has 0 radical (unpaired) electrons. The third-order valence-electron chi connectivity index (χ3n) is 3.92. The third kappa shape index (κ3) is 1.30. The number of amides is 1. The Labute approximate surface area is 100 Å². The van der Waals surface area contributed by atoms with Crippen LogP contribution in [0.3, 0.4) is 0 Å². The van der Waals surface area contributed by atoms with E-state index >= 15 is 0 Å². The number of para-hydroxylation sites is 1. The lowest BCUT2D eigenvalue weighted by atomic mass is 9.77. The smallest absolute Gasteiger partial charge is 0.412 e.